The van der Waals surface area contributed by atoms with Crippen LogP contribution in [-0.2, 0) is 16.4 Å². The van der Waals surface area contributed by atoms with Crippen molar-refractivity contribution in [3.8, 4) is 0 Å². The minimum atomic E-state index is -3.65. The molecule has 0 unspecified atom stereocenters. The zero-order valence-electron chi connectivity index (χ0n) is 10.1. The number of sulfonamides is 1. The molecule has 2 aromatic rings. The molecule has 4 N–H and O–H groups in total. The van der Waals surface area contributed by atoms with Gasteiger partial charge in [-0.15, -0.1) is 0 Å². The maximum Gasteiger partial charge on any atom is 0.242 e. The highest BCUT2D eigenvalue weighted by atomic mass is 79.9. The fraction of sp³-hybridized carbons (Fsp3) is 0.200. The molecule has 0 aliphatic carbocycles. The first-order valence-electron chi connectivity index (χ1n) is 5.48. The Labute approximate surface area is 132 Å². The van der Waals surface area contributed by atoms with Crippen LogP contribution in [0.1, 0.15) is 5.82 Å². The highest BCUT2D eigenvalue weighted by molar-refractivity contribution is 9.11. The summed E-state index contributed by atoms with van der Waals surface area (Å²) in [6, 6.07) is 3.07. The van der Waals surface area contributed by atoms with Crippen molar-refractivity contribution >= 4 is 47.6 Å². The number of aromatic nitrogens is 3. The van der Waals surface area contributed by atoms with Crippen LogP contribution in [-0.4, -0.2) is 30.1 Å². The van der Waals surface area contributed by atoms with Gasteiger partial charge >= 0.3 is 0 Å². The van der Waals surface area contributed by atoms with Crippen molar-refractivity contribution in [1.29, 1.82) is 0 Å². The van der Waals surface area contributed by atoms with E-state index in [4.69, 9.17) is 5.73 Å². The van der Waals surface area contributed by atoms with Crippen LogP contribution in [0.5, 0.6) is 0 Å². The van der Waals surface area contributed by atoms with Gasteiger partial charge in [-0.25, -0.2) is 18.1 Å². The van der Waals surface area contributed by atoms with Gasteiger partial charge in [0, 0.05) is 27.6 Å². The van der Waals surface area contributed by atoms with Gasteiger partial charge < -0.3 is 5.73 Å². The first kappa shape index (κ1) is 15.4. The lowest BCUT2D eigenvalue weighted by Gasteiger charge is -2.10. The van der Waals surface area contributed by atoms with E-state index in [1.54, 1.807) is 0 Å². The number of rotatable bonds is 5. The Bertz CT molecular complexity index is 679. The van der Waals surface area contributed by atoms with Gasteiger partial charge in [0.25, 0.3) is 0 Å². The van der Waals surface area contributed by atoms with E-state index in [0.717, 1.165) is 0 Å². The molecular formula is C10H11Br2N5O2S. The Morgan fingerprint density at radius 1 is 1.30 bits per heavy atom. The van der Waals surface area contributed by atoms with Crippen molar-refractivity contribution in [1.82, 2.24) is 19.9 Å². The fourth-order valence-electron chi connectivity index (χ4n) is 1.56. The standard InChI is InChI=1S/C10H11Br2N5O2S/c11-7-3-6(13)4-8(12)10(7)20(18,19)16-2-1-9-14-5-15-17-9/h3-5,16H,1-2,13H2,(H,14,15,17). The summed E-state index contributed by atoms with van der Waals surface area (Å²) >= 11 is 6.41. The van der Waals surface area contributed by atoms with Crippen molar-refractivity contribution in [2.45, 2.75) is 11.3 Å². The SMILES string of the molecule is Nc1cc(Br)c(S(=O)(=O)NCCc2ncn[nH]2)c(Br)c1. The Balaban J connectivity index is 2.14. The molecule has 0 bridgehead atoms. The number of halogens is 2. The third-order valence-corrected chi connectivity index (χ3v) is 5.75. The maximum atomic E-state index is 12.3. The predicted octanol–water partition coefficient (Wildman–Crippen LogP) is 1.43. The molecule has 0 saturated heterocycles. The van der Waals surface area contributed by atoms with Crippen molar-refractivity contribution in [2.75, 3.05) is 12.3 Å². The molecule has 20 heavy (non-hydrogen) atoms. The van der Waals surface area contributed by atoms with E-state index in [2.05, 4.69) is 51.8 Å². The maximum absolute atomic E-state index is 12.3. The third-order valence-electron chi connectivity index (χ3n) is 2.41. The van der Waals surface area contributed by atoms with E-state index < -0.39 is 10.0 Å². The van der Waals surface area contributed by atoms with Gasteiger partial charge in [0.1, 0.15) is 17.0 Å². The highest BCUT2D eigenvalue weighted by Gasteiger charge is 2.21. The lowest BCUT2D eigenvalue weighted by Crippen LogP contribution is -2.27. The molecule has 108 valence electrons. The summed E-state index contributed by atoms with van der Waals surface area (Å²) in [5.41, 5.74) is 6.10. The van der Waals surface area contributed by atoms with Gasteiger partial charge in [-0.1, -0.05) is 0 Å². The smallest absolute Gasteiger partial charge is 0.242 e. The molecule has 0 fully saturated rings. The first-order valence-corrected chi connectivity index (χ1v) is 8.55. The largest absolute Gasteiger partial charge is 0.399 e. The molecule has 1 aromatic carbocycles. The van der Waals surface area contributed by atoms with Gasteiger partial charge in [0.15, 0.2) is 0 Å². The van der Waals surface area contributed by atoms with Crippen LogP contribution in [0, 0.1) is 0 Å². The summed E-state index contributed by atoms with van der Waals surface area (Å²) in [6.07, 6.45) is 1.79. The van der Waals surface area contributed by atoms with Crippen LogP contribution in [0.15, 0.2) is 32.3 Å². The van der Waals surface area contributed by atoms with Crippen LogP contribution < -0.4 is 10.5 Å². The van der Waals surface area contributed by atoms with Crippen molar-refractivity contribution in [3.05, 3.63) is 33.2 Å². The van der Waals surface area contributed by atoms with Crippen molar-refractivity contribution in [3.63, 3.8) is 0 Å². The summed E-state index contributed by atoms with van der Waals surface area (Å²) in [4.78, 5) is 4.03. The third kappa shape index (κ3) is 3.57. The number of H-pyrrole nitrogens is 1. The Hall–Kier alpha value is -0.970. The number of nitrogens with one attached hydrogen (secondary N) is 2. The first-order chi connectivity index (χ1) is 9.40. The quantitative estimate of drug-likeness (QED) is 0.628. The number of nitrogens with two attached hydrogens (primary N) is 1. The number of hydrogen-bond acceptors (Lipinski definition) is 5. The van der Waals surface area contributed by atoms with Crippen LogP contribution >= 0.6 is 31.9 Å². The summed E-state index contributed by atoms with van der Waals surface area (Å²) < 4.78 is 27.8. The zero-order valence-corrected chi connectivity index (χ0v) is 14.1. The van der Waals surface area contributed by atoms with E-state index in [0.29, 0.717) is 26.9 Å². The fourth-order valence-corrected chi connectivity index (χ4v) is 5.21. The molecular weight excluding hydrogens is 414 g/mol. The van der Waals surface area contributed by atoms with Crippen LogP contribution in [0.25, 0.3) is 0 Å². The number of hydrogen-bond donors (Lipinski definition) is 3. The summed E-state index contributed by atoms with van der Waals surface area (Å²) in [5.74, 6) is 0.614. The molecule has 0 spiro atoms. The molecule has 0 atom stereocenters. The van der Waals surface area contributed by atoms with E-state index in [9.17, 15) is 8.42 Å². The Kier molecular flexibility index (Phi) is 4.78. The molecule has 0 radical (unpaired) electrons. The molecule has 0 amide bonds. The van der Waals surface area contributed by atoms with Crippen LogP contribution in [0.3, 0.4) is 0 Å². The van der Waals surface area contributed by atoms with E-state index in [1.807, 2.05) is 0 Å². The Morgan fingerprint density at radius 2 is 1.95 bits per heavy atom. The van der Waals surface area contributed by atoms with E-state index >= 15 is 0 Å². The van der Waals surface area contributed by atoms with Crippen molar-refractivity contribution < 1.29 is 8.42 Å². The van der Waals surface area contributed by atoms with Gasteiger partial charge in [-0.2, -0.15) is 5.10 Å². The highest BCUT2D eigenvalue weighted by Crippen LogP contribution is 2.32. The zero-order chi connectivity index (χ0) is 14.8. The summed E-state index contributed by atoms with van der Waals surface area (Å²) in [6.45, 7) is 0.209. The number of nitrogens with zero attached hydrogens (tertiary/aromatic N) is 2. The van der Waals surface area contributed by atoms with Gasteiger partial charge in [0.05, 0.1) is 0 Å². The van der Waals surface area contributed by atoms with E-state index in [-0.39, 0.29) is 11.4 Å². The average molecular weight is 425 g/mol. The number of nitrogen functional groups attached to an aromatic ring is 1. The molecule has 0 saturated carbocycles. The molecule has 1 heterocycles. The molecule has 0 aliphatic rings. The number of anilines is 1. The van der Waals surface area contributed by atoms with Gasteiger partial charge in [0.2, 0.25) is 10.0 Å². The second-order valence-electron chi connectivity index (χ2n) is 3.89. The van der Waals surface area contributed by atoms with Crippen LogP contribution in [0.4, 0.5) is 5.69 Å². The second-order valence-corrected chi connectivity index (χ2v) is 7.31. The van der Waals surface area contributed by atoms with Gasteiger partial charge in [-0.05, 0) is 44.0 Å². The number of benzene rings is 1. The normalized spacial score (nSPS) is 11.7. The lowest BCUT2D eigenvalue weighted by atomic mass is 10.3. The number of aromatic amines is 1. The molecule has 0 aliphatic heterocycles. The minimum Gasteiger partial charge on any atom is -0.399 e. The average Bonchev–Trinajstić information content (AvgIpc) is 2.79. The topological polar surface area (TPSA) is 114 Å². The monoisotopic (exact) mass is 423 g/mol. The molecule has 1 aromatic heterocycles. The predicted molar refractivity (Wildman–Crippen MR) is 81.5 cm³/mol. The Morgan fingerprint density at radius 3 is 2.50 bits per heavy atom. The van der Waals surface area contributed by atoms with Gasteiger partial charge in [-0.3, -0.25) is 5.10 Å². The lowest BCUT2D eigenvalue weighted by molar-refractivity contribution is 0.580. The summed E-state index contributed by atoms with van der Waals surface area (Å²) in [7, 11) is -3.65. The molecule has 10 heteroatoms. The molecule has 7 nitrogen and oxygen atoms in total. The van der Waals surface area contributed by atoms with Crippen molar-refractivity contribution in [2.24, 2.45) is 0 Å². The molecule has 2 rings (SSSR count). The minimum absolute atomic E-state index is 0.115. The summed E-state index contributed by atoms with van der Waals surface area (Å²) in [5, 5.41) is 6.35. The van der Waals surface area contributed by atoms with E-state index in [1.165, 1.54) is 18.5 Å². The van der Waals surface area contributed by atoms with Crippen LogP contribution in [0.2, 0.25) is 0 Å². The second kappa shape index (κ2) is 6.20.